The zero-order chi connectivity index (χ0) is 31.1. The molecular formula is C40H28N3O2PtS-. The van der Waals surface area contributed by atoms with Crippen LogP contribution in [0.4, 0.5) is 17.1 Å². The normalized spacial score (nSPS) is 10.6. The van der Waals surface area contributed by atoms with Crippen molar-refractivity contribution in [1.82, 2.24) is 9.97 Å². The molecule has 0 radical (unpaired) electrons. The number of aromatic hydroxyl groups is 1. The Bertz CT molecular complexity index is 2030. The van der Waals surface area contributed by atoms with Crippen molar-refractivity contribution in [2.24, 2.45) is 0 Å². The molecule has 0 atom stereocenters. The van der Waals surface area contributed by atoms with Gasteiger partial charge in [0.2, 0.25) is 0 Å². The maximum Gasteiger partial charge on any atom is 0.176 e. The zero-order valence-corrected chi connectivity index (χ0v) is 28.1. The van der Waals surface area contributed by atoms with Gasteiger partial charge in [0.15, 0.2) is 5.75 Å². The van der Waals surface area contributed by atoms with Crippen LogP contribution in [-0.4, -0.2) is 15.1 Å². The Morgan fingerprint density at radius 3 is 1.96 bits per heavy atom. The molecule has 0 spiro atoms. The van der Waals surface area contributed by atoms with E-state index in [1.54, 1.807) is 18.3 Å². The van der Waals surface area contributed by atoms with Crippen LogP contribution in [-0.2, 0) is 21.1 Å². The number of benzene rings is 5. The van der Waals surface area contributed by atoms with Crippen molar-refractivity contribution in [2.45, 2.75) is 9.92 Å². The zero-order valence-electron chi connectivity index (χ0n) is 25.0. The third-order valence-corrected chi connectivity index (χ3v) is 8.15. The van der Waals surface area contributed by atoms with Crippen LogP contribution in [0.3, 0.4) is 0 Å². The van der Waals surface area contributed by atoms with Crippen LogP contribution in [0.25, 0.3) is 22.5 Å². The second kappa shape index (κ2) is 15.0. The predicted molar refractivity (Wildman–Crippen MR) is 185 cm³/mol. The van der Waals surface area contributed by atoms with E-state index in [4.69, 9.17) is 9.72 Å². The van der Waals surface area contributed by atoms with E-state index in [9.17, 15) is 5.11 Å². The van der Waals surface area contributed by atoms with Crippen LogP contribution in [0.2, 0.25) is 0 Å². The number of rotatable bonds is 9. The number of pyridine rings is 2. The number of nitrogens with zero attached hydrogens (tertiary/aromatic N) is 3. The molecule has 0 bridgehead atoms. The fourth-order valence-corrected chi connectivity index (χ4v) is 5.94. The minimum atomic E-state index is 0. The number of aromatic nitrogens is 2. The Labute approximate surface area is 292 Å². The average molecular weight is 810 g/mol. The SMILES string of the molecule is Oc1ccccc1-c1nc(-c2[c-]c(Sc3ccccn3)ccc2)cc(N(c2ccccc2)c2ccccc2)c1Oc1ccccc1.[Pt]. The van der Waals surface area contributed by atoms with Crippen molar-refractivity contribution in [3.8, 4) is 39.8 Å². The summed E-state index contributed by atoms with van der Waals surface area (Å²) in [5.74, 6) is 1.25. The van der Waals surface area contributed by atoms with Crippen LogP contribution in [0, 0.1) is 6.07 Å². The molecule has 0 aliphatic carbocycles. The summed E-state index contributed by atoms with van der Waals surface area (Å²) in [6.45, 7) is 0. The largest absolute Gasteiger partial charge is 0.507 e. The number of phenolic OH excluding ortho intramolecular Hbond substituents is 1. The summed E-state index contributed by atoms with van der Waals surface area (Å²) in [6, 6.07) is 54.6. The second-order valence-electron chi connectivity index (χ2n) is 10.3. The summed E-state index contributed by atoms with van der Waals surface area (Å²) in [6.07, 6.45) is 1.78. The topological polar surface area (TPSA) is 58.5 Å². The first-order chi connectivity index (χ1) is 22.7. The minimum absolute atomic E-state index is 0. The van der Waals surface area contributed by atoms with Gasteiger partial charge in [-0.1, -0.05) is 95.5 Å². The van der Waals surface area contributed by atoms with Crippen LogP contribution >= 0.6 is 11.8 Å². The summed E-state index contributed by atoms with van der Waals surface area (Å²) >= 11 is 1.54. The van der Waals surface area contributed by atoms with Crippen LogP contribution < -0.4 is 9.64 Å². The van der Waals surface area contributed by atoms with E-state index in [1.165, 1.54) is 11.8 Å². The van der Waals surface area contributed by atoms with E-state index < -0.39 is 0 Å². The van der Waals surface area contributed by atoms with Crippen molar-refractivity contribution >= 4 is 28.8 Å². The number of anilines is 3. The van der Waals surface area contributed by atoms with Crippen molar-refractivity contribution in [3.63, 3.8) is 0 Å². The summed E-state index contributed by atoms with van der Waals surface area (Å²) in [5.41, 5.74) is 5.16. The van der Waals surface area contributed by atoms with Gasteiger partial charge in [-0.3, -0.25) is 4.98 Å². The Morgan fingerprint density at radius 1 is 0.660 bits per heavy atom. The van der Waals surface area contributed by atoms with Crippen molar-refractivity contribution in [3.05, 3.63) is 170 Å². The molecule has 0 saturated carbocycles. The number of para-hydroxylation sites is 4. The summed E-state index contributed by atoms with van der Waals surface area (Å²) in [4.78, 5) is 12.7. The Hall–Kier alpha value is -5.16. The molecule has 2 aromatic heterocycles. The number of ether oxygens (including phenoxy) is 1. The molecule has 2 heterocycles. The van der Waals surface area contributed by atoms with Gasteiger partial charge < -0.3 is 14.7 Å². The predicted octanol–water partition coefficient (Wildman–Crippen LogP) is 10.7. The molecule has 0 amide bonds. The fraction of sp³-hybridized carbons (Fsp3) is 0. The monoisotopic (exact) mass is 809 g/mol. The number of phenols is 1. The van der Waals surface area contributed by atoms with Crippen LogP contribution in [0.1, 0.15) is 0 Å². The molecule has 0 saturated heterocycles. The van der Waals surface area contributed by atoms with Crippen LogP contribution in [0.15, 0.2) is 174 Å². The van der Waals surface area contributed by atoms with Gasteiger partial charge in [-0.15, -0.1) is 29.8 Å². The standard InChI is InChI=1S/C40H28N3O2S.Pt/c44-37-24-11-10-23-34(37)39-40(45-32-20-8-3-9-21-32)36(43(30-16-4-1-5-17-30)31-18-6-2-7-19-31)28-35(42-39)29-15-14-22-33(27-29)46-38-25-12-13-26-41-38;/h1-26,28,44H;/q-1;. The summed E-state index contributed by atoms with van der Waals surface area (Å²) in [7, 11) is 0. The molecule has 0 aliphatic rings. The van der Waals surface area contributed by atoms with Gasteiger partial charge in [0.1, 0.15) is 17.2 Å². The minimum Gasteiger partial charge on any atom is -0.507 e. The smallest absolute Gasteiger partial charge is 0.176 e. The Kier molecular flexibility index (Phi) is 10.1. The third-order valence-electron chi connectivity index (χ3n) is 7.24. The second-order valence-corrected chi connectivity index (χ2v) is 11.4. The number of hydrogen-bond acceptors (Lipinski definition) is 6. The average Bonchev–Trinajstić information content (AvgIpc) is 3.11. The van der Waals surface area contributed by atoms with Gasteiger partial charge in [-0.25, -0.2) is 4.98 Å². The molecule has 0 aliphatic heterocycles. The maximum absolute atomic E-state index is 11.2. The quantitative estimate of drug-likeness (QED) is 0.147. The van der Waals surface area contributed by atoms with E-state index in [-0.39, 0.29) is 26.8 Å². The molecule has 7 heteroatoms. The van der Waals surface area contributed by atoms with Gasteiger partial charge in [0.25, 0.3) is 0 Å². The van der Waals surface area contributed by atoms with Crippen molar-refractivity contribution in [2.75, 3.05) is 4.90 Å². The van der Waals surface area contributed by atoms with E-state index in [0.717, 1.165) is 32.5 Å². The first kappa shape index (κ1) is 31.8. The molecule has 5 aromatic carbocycles. The van der Waals surface area contributed by atoms with E-state index in [1.807, 2.05) is 121 Å². The van der Waals surface area contributed by atoms with Gasteiger partial charge in [-0.05, 0) is 66.4 Å². The van der Waals surface area contributed by atoms with E-state index in [0.29, 0.717) is 28.5 Å². The summed E-state index contributed by atoms with van der Waals surface area (Å²) < 4.78 is 6.73. The molecule has 0 unspecified atom stereocenters. The van der Waals surface area contributed by atoms with Gasteiger partial charge in [-0.2, -0.15) is 0 Å². The third kappa shape index (κ3) is 7.30. The van der Waals surface area contributed by atoms with Crippen LogP contribution in [0.5, 0.6) is 17.2 Å². The first-order valence-corrected chi connectivity index (χ1v) is 15.6. The molecule has 7 aromatic rings. The molecule has 232 valence electrons. The molecule has 5 nitrogen and oxygen atoms in total. The summed E-state index contributed by atoms with van der Waals surface area (Å²) in [5, 5.41) is 12.0. The van der Waals surface area contributed by atoms with Gasteiger partial charge >= 0.3 is 0 Å². The van der Waals surface area contributed by atoms with Crippen molar-refractivity contribution in [1.29, 1.82) is 0 Å². The van der Waals surface area contributed by atoms with Crippen molar-refractivity contribution < 1.29 is 30.9 Å². The number of hydrogen-bond donors (Lipinski definition) is 1. The molecular weight excluding hydrogens is 782 g/mol. The van der Waals surface area contributed by atoms with Gasteiger partial charge in [0, 0.05) is 44.2 Å². The Balaban J connectivity index is 0.00000386. The Morgan fingerprint density at radius 2 is 1.30 bits per heavy atom. The van der Waals surface area contributed by atoms with E-state index >= 15 is 0 Å². The van der Waals surface area contributed by atoms with E-state index in [2.05, 4.69) is 40.2 Å². The molecule has 1 N–H and O–H groups in total. The molecule has 7 rings (SSSR count). The first-order valence-electron chi connectivity index (χ1n) is 14.8. The molecule has 47 heavy (non-hydrogen) atoms. The maximum atomic E-state index is 11.2. The fourth-order valence-electron chi connectivity index (χ4n) is 5.15. The molecule has 0 fully saturated rings. The van der Waals surface area contributed by atoms with Gasteiger partial charge in [0.05, 0.1) is 10.7 Å².